The van der Waals surface area contributed by atoms with Crippen LogP contribution in [0.3, 0.4) is 0 Å². The SMILES string of the molecule is OCc1cc(F)cnc1OCC1CCCC1. The number of aromatic nitrogens is 1. The first kappa shape index (κ1) is 11.3. The van der Waals surface area contributed by atoms with Gasteiger partial charge in [-0.3, -0.25) is 0 Å². The Morgan fingerprint density at radius 3 is 2.88 bits per heavy atom. The van der Waals surface area contributed by atoms with Crippen LogP contribution in [0.15, 0.2) is 12.3 Å². The zero-order valence-electron chi connectivity index (χ0n) is 9.16. The van der Waals surface area contributed by atoms with Crippen molar-refractivity contribution in [3.8, 4) is 5.88 Å². The Balaban J connectivity index is 1.97. The van der Waals surface area contributed by atoms with Gasteiger partial charge in [0.05, 0.1) is 19.4 Å². The van der Waals surface area contributed by atoms with E-state index in [9.17, 15) is 4.39 Å². The van der Waals surface area contributed by atoms with Crippen LogP contribution in [0.5, 0.6) is 5.88 Å². The molecule has 1 aromatic heterocycles. The molecule has 2 rings (SSSR count). The van der Waals surface area contributed by atoms with E-state index < -0.39 is 5.82 Å². The molecule has 0 unspecified atom stereocenters. The highest BCUT2D eigenvalue weighted by molar-refractivity contribution is 5.25. The van der Waals surface area contributed by atoms with Crippen LogP contribution in [-0.4, -0.2) is 16.7 Å². The number of ether oxygens (including phenoxy) is 1. The van der Waals surface area contributed by atoms with Crippen LogP contribution in [0, 0.1) is 11.7 Å². The van der Waals surface area contributed by atoms with E-state index in [0.29, 0.717) is 24.0 Å². The fourth-order valence-corrected chi connectivity index (χ4v) is 2.09. The Kier molecular flexibility index (Phi) is 3.72. The summed E-state index contributed by atoms with van der Waals surface area (Å²) in [6.45, 7) is 0.371. The topological polar surface area (TPSA) is 42.4 Å². The molecule has 0 bridgehead atoms. The minimum absolute atomic E-state index is 0.245. The highest BCUT2D eigenvalue weighted by Crippen LogP contribution is 2.26. The van der Waals surface area contributed by atoms with Crippen molar-refractivity contribution in [3.63, 3.8) is 0 Å². The molecule has 0 amide bonds. The van der Waals surface area contributed by atoms with Crippen LogP contribution in [0.2, 0.25) is 0 Å². The second-order valence-corrected chi connectivity index (χ2v) is 4.24. The predicted molar refractivity (Wildman–Crippen MR) is 57.6 cm³/mol. The number of pyridine rings is 1. The lowest BCUT2D eigenvalue weighted by Crippen LogP contribution is -2.10. The third-order valence-corrected chi connectivity index (χ3v) is 2.99. The Hall–Kier alpha value is -1.16. The summed E-state index contributed by atoms with van der Waals surface area (Å²) in [6, 6.07) is 1.26. The van der Waals surface area contributed by atoms with E-state index in [1.54, 1.807) is 0 Å². The normalized spacial score (nSPS) is 16.6. The van der Waals surface area contributed by atoms with Gasteiger partial charge in [0.2, 0.25) is 5.88 Å². The number of hydrogen-bond donors (Lipinski definition) is 1. The van der Waals surface area contributed by atoms with Gasteiger partial charge in [0.1, 0.15) is 5.82 Å². The van der Waals surface area contributed by atoms with Crippen LogP contribution >= 0.6 is 0 Å². The molecule has 0 aliphatic heterocycles. The minimum Gasteiger partial charge on any atom is -0.477 e. The second-order valence-electron chi connectivity index (χ2n) is 4.24. The van der Waals surface area contributed by atoms with Crippen molar-refractivity contribution in [2.75, 3.05) is 6.61 Å². The third kappa shape index (κ3) is 2.70. The molecule has 3 nitrogen and oxygen atoms in total. The van der Waals surface area contributed by atoms with Gasteiger partial charge in [0.25, 0.3) is 0 Å². The lowest BCUT2D eigenvalue weighted by atomic mass is 10.1. The lowest BCUT2D eigenvalue weighted by Gasteiger charge is -2.12. The largest absolute Gasteiger partial charge is 0.477 e. The molecule has 1 aliphatic rings. The Morgan fingerprint density at radius 2 is 2.19 bits per heavy atom. The summed E-state index contributed by atoms with van der Waals surface area (Å²) in [5.74, 6) is 0.492. The summed E-state index contributed by atoms with van der Waals surface area (Å²) >= 11 is 0. The van der Waals surface area contributed by atoms with Gasteiger partial charge < -0.3 is 9.84 Å². The van der Waals surface area contributed by atoms with Crippen molar-refractivity contribution in [2.24, 2.45) is 5.92 Å². The number of hydrogen-bond acceptors (Lipinski definition) is 3. The van der Waals surface area contributed by atoms with E-state index in [0.717, 1.165) is 6.20 Å². The van der Waals surface area contributed by atoms with Gasteiger partial charge in [-0.1, -0.05) is 12.8 Å². The molecule has 4 heteroatoms. The molecule has 1 fully saturated rings. The molecule has 0 atom stereocenters. The summed E-state index contributed by atoms with van der Waals surface area (Å²) in [5.41, 5.74) is 0.415. The highest BCUT2D eigenvalue weighted by atomic mass is 19.1. The predicted octanol–water partition coefficient (Wildman–Crippen LogP) is 2.28. The Bertz CT molecular complexity index is 351. The average molecular weight is 225 g/mol. The van der Waals surface area contributed by atoms with Crippen LogP contribution in [0.25, 0.3) is 0 Å². The van der Waals surface area contributed by atoms with Gasteiger partial charge in [-0.05, 0) is 24.8 Å². The van der Waals surface area contributed by atoms with Gasteiger partial charge in [-0.15, -0.1) is 0 Å². The molecule has 1 aliphatic carbocycles. The zero-order valence-corrected chi connectivity index (χ0v) is 9.16. The molecule has 0 aromatic carbocycles. The number of rotatable bonds is 4. The standard InChI is InChI=1S/C12H16FNO2/c13-11-5-10(7-15)12(14-6-11)16-8-9-3-1-2-4-9/h5-6,9,15H,1-4,7-8H2. The summed E-state index contributed by atoms with van der Waals surface area (Å²) < 4.78 is 18.4. The molecule has 1 N–H and O–H groups in total. The van der Waals surface area contributed by atoms with Crippen molar-refractivity contribution in [3.05, 3.63) is 23.6 Å². The van der Waals surface area contributed by atoms with Gasteiger partial charge >= 0.3 is 0 Å². The second kappa shape index (κ2) is 5.25. The molecule has 1 saturated carbocycles. The number of halogens is 1. The van der Waals surface area contributed by atoms with Gasteiger partial charge in [-0.2, -0.15) is 0 Å². The molecule has 0 spiro atoms. The van der Waals surface area contributed by atoms with E-state index in [-0.39, 0.29) is 6.61 Å². The number of nitrogens with zero attached hydrogens (tertiary/aromatic N) is 1. The molecular formula is C12H16FNO2. The van der Waals surface area contributed by atoms with Gasteiger partial charge in [0, 0.05) is 5.56 Å². The summed E-state index contributed by atoms with van der Waals surface area (Å²) in [7, 11) is 0. The maximum atomic E-state index is 12.8. The molecule has 0 saturated heterocycles. The van der Waals surface area contributed by atoms with Crippen LogP contribution in [0.4, 0.5) is 4.39 Å². The van der Waals surface area contributed by atoms with Crippen molar-refractivity contribution in [1.29, 1.82) is 0 Å². The van der Waals surface area contributed by atoms with Crippen LogP contribution < -0.4 is 4.74 Å². The fourth-order valence-electron chi connectivity index (χ4n) is 2.09. The van der Waals surface area contributed by atoms with Crippen molar-refractivity contribution in [2.45, 2.75) is 32.3 Å². The molecule has 1 aromatic rings. The van der Waals surface area contributed by atoms with Crippen molar-refractivity contribution < 1.29 is 14.2 Å². The summed E-state index contributed by atoms with van der Waals surface area (Å²) in [4.78, 5) is 3.85. The van der Waals surface area contributed by atoms with E-state index in [1.165, 1.54) is 31.7 Å². The summed E-state index contributed by atoms with van der Waals surface area (Å²) in [5, 5.41) is 9.05. The number of aliphatic hydroxyl groups is 1. The zero-order chi connectivity index (χ0) is 11.4. The minimum atomic E-state index is -0.447. The first-order chi connectivity index (χ1) is 7.79. The van der Waals surface area contributed by atoms with Crippen LogP contribution in [-0.2, 0) is 6.61 Å². The maximum Gasteiger partial charge on any atom is 0.219 e. The fraction of sp³-hybridized carbons (Fsp3) is 0.583. The molecule has 0 radical (unpaired) electrons. The van der Waals surface area contributed by atoms with E-state index in [4.69, 9.17) is 9.84 Å². The smallest absolute Gasteiger partial charge is 0.219 e. The first-order valence-corrected chi connectivity index (χ1v) is 5.67. The third-order valence-electron chi connectivity index (χ3n) is 2.99. The average Bonchev–Trinajstić information content (AvgIpc) is 2.80. The Labute approximate surface area is 94.3 Å². The van der Waals surface area contributed by atoms with Crippen molar-refractivity contribution >= 4 is 0 Å². The van der Waals surface area contributed by atoms with Gasteiger partial charge in [-0.25, -0.2) is 9.37 Å². The van der Waals surface area contributed by atoms with E-state index in [1.807, 2.05) is 0 Å². The molecule has 16 heavy (non-hydrogen) atoms. The monoisotopic (exact) mass is 225 g/mol. The summed E-state index contributed by atoms with van der Waals surface area (Å²) in [6.07, 6.45) is 6.02. The quantitative estimate of drug-likeness (QED) is 0.854. The lowest BCUT2D eigenvalue weighted by molar-refractivity contribution is 0.226. The molecular weight excluding hydrogens is 209 g/mol. The van der Waals surface area contributed by atoms with E-state index >= 15 is 0 Å². The molecule has 88 valence electrons. The van der Waals surface area contributed by atoms with Gasteiger partial charge in [0.15, 0.2) is 0 Å². The van der Waals surface area contributed by atoms with E-state index in [2.05, 4.69) is 4.98 Å². The first-order valence-electron chi connectivity index (χ1n) is 5.67. The highest BCUT2D eigenvalue weighted by Gasteiger charge is 2.16. The van der Waals surface area contributed by atoms with Crippen molar-refractivity contribution in [1.82, 2.24) is 4.98 Å². The maximum absolute atomic E-state index is 12.8. The Morgan fingerprint density at radius 1 is 1.44 bits per heavy atom. The number of aliphatic hydroxyl groups excluding tert-OH is 1. The molecule has 1 heterocycles. The van der Waals surface area contributed by atoms with Crippen LogP contribution in [0.1, 0.15) is 31.2 Å².